The molecule has 1 aliphatic rings. The fourth-order valence-corrected chi connectivity index (χ4v) is 3.14. The van der Waals surface area contributed by atoms with Gasteiger partial charge in [-0.3, -0.25) is 4.79 Å². The number of anilines is 1. The normalized spacial score (nSPS) is 22.3. The maximum Gasteiger partial charge on any atom is 0.227 e. The van der Waals surface area contributed by atoms with Crippen molar-refractivity contribution >= 4 is 11.6 Å². The van der Waals surface area contributed by atoms with Crippen LogP contribution >= 0.6 is 0 Å². The van der Waals surface area contributed by atoms with Crippen LogP contribution in [0, 0.1) is 5.92 Å². The molecule has 6 nitrogen and oxygen atoms in total. The number of amides is 1. The van der Waals surface area contributed by atoms with Crippen molar-refractivity contribution < 1.29 is 14.6 Å². The van der Waals surface area contributed by atoms with Crippen molar-refractivity contribution in [2.45, 2.75) is 32.4 Å². The van der Waals surface area contributed by atoms with Gasteiger partial charge in [0.05, 0.1) is 19.1 Å². The number of carbonyl (C=O) groups excluding carboxylic acids is 1. The van der Waals surface area contributed by atoms with Gasteiger partial charge in [0.1, 0.15) is 11.9 Å². The summed E-state index contributed by atoms with van der Waals surface area (Å²) >= 11 is 0. The lowest BCUT2D eigenvalue weighted by Gasteiger charge is -2.32. The molecule has 1 aliphatic heterocycles. The molecule has 0 aliphatic carbocycles. The van der Waals surface area contributed by atoms with E-state index in [9.17, 15) is 9.90 Å². The second-order valence-corrected chi connectivity index (χ2v) is 7.13. The Hall–Kier alpha value is -1.79. The van der Waals surface area contributed by atoms with Crippen LogP contribution in [0.1, 0.15) is 19.4 Å². The van der Waals surface area contributed by atoms with E-state index in [0.29, 0.717) is 13.1 Å². The number of rotatable bonds is 5. The highest BCUT2D eigenvalue weighted by atomic mass is 16.5. The molecular formula is C19H31N3O3. The SMILES string of the molecule is CNCC1Oc2ccc(N(C)C)cc2CC(=O)N(C(C)CO)CC1C. The minimum absolute atomic E-state index is 0.0271. The Labute approximate surface area is 150 Å². The summed E-state index contributed by atoms with van der Waals surface area (Å²) in [4.78, 5) is 16.7. The Bertz CT molecular complexity index is 591. The van der Waals surface area contributed by atoms with E-state index in [4.69, 9.17) is 4.74 Å². The van der Waals surface area contributed by atoms with Crippen LogP contribution in [0.15, 0.2) is 18.2 Å². The maximum atomic E-state index is 12.9. The predicted octanol–water partition coefficient (Wildman–Crippen LogP) is 1.12. The summed E-state index contributed by atoms with van der Waals surface area (Å²) < 4.78 is 6.29. The van der Waals surface area contributed by atoms with Crippen LogP contribution in [0.5, 0.6) is 5.75 Å². The summed E-state index contributed by atoms with van der Waals surface area (Å²) in [6.45, 7) is 5.20. The average Bonchev–Trinajstić information content (AvgIpc) is 2.63. The van der Waals surface area contributed by atoms with E-state index in [0.717, 1.165) is 17.0 Å². The van der Waals surface area contributed by atoms with Crippen LogP contribution in [0.2, 0.25) is 0 Å². The van der Waals surface area contributed by atoms with E-state index in [1.807, 2.05) is 51.2 Å². The first-order chi connectivity index (χ1) is 11.9. The van der Waals surface area contributed by atoms with Gasteiger partial charge >= 0.3 is 0 Å². The fraction of sp³-hybridized carbons (Fsp3) is 0.632. The van der Waals surface area contributed by atoms with Crippen molar-refractivity contribution in [2.75, 3.05) is 45.7 Å². The molecule has 3 atom stereocenters. The molecule has 2 rings (SSSR count). The molecule has 0 spiro atoms. The first-order valence-electron chi connectivity index (χ1n) is 8.89. The Kier molecular flexibility index (Phi) is 6.67. The number of hydrogen-bond acceptors (Lipinski definition) is 5. The molecule has 2 N–H and O–H groups in total. The van der Waals surface area contributed by atoms with Gasteiger partial charge < -0.3 is 25.0 Å². The summed E-state index contributed by atoms with van der Waals surface area (Å²) in [5.41, 5.74) is 1.93. The first kappa shape index (κ1) is 19.5. The summed E-state index contributed by atoms with van der Waals surface area (Å²) in [5, 5.41) is 12.7. The Morgan fingerprint density at radius 3 is 2.76 bits per heavy atom. The molecule has 0 saturated heterocycles. The highest BCUT2D eigenvalue weighted by Crippen LogP contribution is 2.29. The van der Waals surface area contributed by atoms with Crippen molar-refractivity contribution in [3.63, 3.8) is 0 Å². The lowest BCUT2D eigenvalue weighted by atomic mass is 10.0. The lowest BCUT2D eigenvalue weighted by Crippen LogP contribution is -2.47. The monoisotopic (exact) mass is 349 g/mol. The molecule has 0 saturated carbocycles. The van der Waals surface area contributed by atoms with Crippen LogP contribution in [0.3, 0.4) is 0 Å². The van der Waals surface area contributed by atoms with Gasteiger partial charge in [-0.1, -0.05) is 6.92 Å². The van der Waals surface area contributed by atoms with Crippen molar-refractivity contribution in [1.29, 1.82) is 0 Å². The quantitative estimate of drug-likeness (QED) is 0.834. The topological polar surface area (TPSA) is 65.0 Å². The molecular weight excluding hydrogens is 318 g/mol. The molecule has 6 heteroatoms. The van der Waals surface area contributed by atoms with Crippen molar-refractivity contribution in [2.24, 2.45) is 5.92 Å². The molecule has 3 unspecified atom stereocenters. The van der Waals surface area contributed by atoms with Gasteiger partial charge in [-0.2, -0.15) is 0 Å². The number of likely N-dealkylation sites (N-methyl/N-ethyl adjacent to an activating group) is 1. The van der Waals surface area contributed by atoms with Crippen molar-refractivity contribution in [3.05, 3.63) is 23.8 Å². The highest BCUT2D eigenvalue weighted by Gasteiger charge is 2.30. The zero-order chi connectivity index (χ0) is 18.6. The van der Waals surface area contributed by atoms with Crippen molar-refractivity contribution in [1.82, 2.24) is 10.2 Å². The van der Waals surface area contributed by atoms with Gasteiger partial charge in [-0.25, -0.2) is 0 Å². The van der Waals surface area contributed by atoms with E-state index in [2.05, 4.69) is 12.2 Å². The Morgan fingerprint density at radius 1 is 1.44 bits per heavy atom. The van der Waals surface area contributed by atoms with Crippen LogP contribution in [0.25, 0.3) is 0 Å². The minimum Gasteiger partial charge on any atom is -0.488 e. The van der Waals surface area contributed by atoms with Crippen LogP contribution in [-0.4, -0.2) is 68.9 Å². The van der Waals surface area contributed by atoms with E-state index in [1.165, 1.54) is 0 Å². The van der Waals surface area contributed by atoms with Crippen LogP contribution < -0.4 is 15.0 Å². The number of fused-ring (bicyclic) bond motifs is 1. The van der Waals surface area contributed by atoms with Gasteiger partial charge in [-0.15, -0.1) is 0 Å². The number of carbonyl (C=O) groups is 1. The summed E-state index contributed by atoms with van der Waals surface area (Å²) in [6.07, 6.45) is 0.230. The first-order valence-corrected chi connectivity index (χ1v) is 8.89. The maximum absolute atomic E-state index is 12.9. The summed E-state index contributed by atoms with van der Waals surface area (Å²) in [7, 11) is 5.86. The largest absolute Gasteiger partial charge is 0.488 e. The zero-order valence-corrected chi connectivity index (χ0v) is 16.0. The molecule has 1 aromatic carbocycles. The number of hydrogen-bond donors (Lipinski definition) is 2. The lowest BCUT2D eigenvalue weighted by molar-refractivity contribution is -0.134. The van der Waals surface area contributed by atoms with Crippen molar-refractivity contribution in [3.8, 4) is 5.75 Å². The molecule has 1 aromatic rings. The molecule has 0 bridgehead atoms. The third-order valence-electron chi connectivity index (χ3n) is 4.82. The predicted molar refractivity (Wildman–Crippen MR) is 100 cm³/mol. The molecule has 0 aromatic heterocycles. The van der Waals surface area contributed by atoms with Gasteiger partial charge in [-0.05, 0) is 32.2 Å². The van der Waals surface area contributed by atoms with Gasteiger partial charge in [0.25, 0.3) is 0 Å². The smallest absolute Gasteiger partial charge is 0.227 e. The number of aliphatic hydroxyl groups is 1. The number of nitrogens with zero attached hydrogens (tertiary/aromatic N) is 2. The van der Waals surface area contributed by atoms with Crippen LogP contribution in [0.4, 0.5) is 5.69 Å². The van der Waals surface area contributed by atoms with E-state index < -0.39 is 0 Å². The van der Waals surface area contributed by atoms with Gasteiger partial charge in [0.2, 0.25) is 5.91 Å². The Morgan fingerprint density at radius 2 is 2.16 bits per heavy atom. The third kappa shape index (κ3) is 4.64. The molecule has 1 heterocycles. The Balaban J connectivity index is 2.44. The molecule has 140 valence electrons. The molecule has 1 amide bonds. The summed E-state index contributed by atoms with van der Waals surface area (Å²) in [5.74, 6) is 0.939. The van der Waals surface area contributed by atoms with Gasteiger partial charge in [0, 0.05) is 44.4 Å². The second-order valence-electron chi connectivity index (χ2n) is 7.13. The van der Waals surface area contributed by atoms with Crippen LogP contribution in [-0.2, 0) is 11.2 Å². The third-order valence-corrected chi connectivity index (χ3v) is 4.82. The molecule has 25 heavy (non-hydrogen) atoms. The molecule has 0 radical (unpaired) electrons. The number of ether oxygens (including phenoxy) is 1. The molecule has 0 fully saturated rings. The summed E-state index contributed by atoms with van der Waals surface area (Å²) in [6, 6.07) is 5.78. The number of benzene rings is 1. The number of nitrogens with one attached hydrogen (secondary N) is 1. The zero-order valence-electron chi connectivity index (χ0n) is 16.0. The average molecular weight is 349 g/mol. The van der Waals surface area contributed by atoms with E-state index in [1.54, 1.807) is 4.90 Å². The number of aliphatic hydroxyl groups excluding tert-OH is 1. The fourth-order valence-electron chi connectivity index (χ4n) is 3.14. The van der Waals surface area contributed by atoms with Gasteiger partial charge in [0.15, 0.2) is 0 Å². The highest BCUT2D eigenvalue weighted by molar-refractivity contribution is 5.80. The van der Waals surface area contributed by atoms with E-state index in [-0.39, 0.29) is 37.0 Å². The second kappa shape index (κ2) is 8.54. The van der Waals surface area contributed by atoms with E-state index >= 15 is 0 Å². The minimum atomic E-state index is -0.205. The standard InChI is InChI=1S/C19H31N3O3/c1-13-11-22(14(2)12-23)19(24)9-15-8-16(21(4)5)6-7-17(15)25-18(13)10-20-3/h6-8,13-14,18,20,23H,9-12H2,1-5H3.